The monoisotopic (exact) mass is 397 g/mol. The van der Waals surface area contributed by atoms with Gasteiger partial charge >= 0.3 is 5.97 Å². The van der Waals surface area contributed by atoms with Gasteiger partial charge in [0.05, 0.1) is 24.4 Å². The SMILES string of the molecule is CC(C)COc1cn(-c2ccccc2)nc1C(=O)N1C[C@H](C(=O)O)[C@@H](C2CC2)C1. The second kappa shape index (κ2) is 7.89. The molecule has 29 heavy (non-hydrogen) atoms. The van der Waals surface area contributed by atoms with Crippen molar-refractivity contribution < 1.29 is 19.4 Å². The Hall–Kier alpha value is -2.83. The minimum Gasteiger partial charge on any atom is -0.489 e. The minimum absolute atomic E-state index is 0.0349. The smallest absolute Gasteiger partial charge is 0.308 e. The summed E-state index contributed by atoms with van der Waals surface area (Å²) in [5.74, 6) is -0.367. The Labute approximate surface area is 170 Å². The number of likely N-dealkylation sites (tertiary alicyclic amines) is 1. The van der Waals surface area contributed by atoms with E-state index in [1.165, 1.54) is 0 Å². The zero-order valence-corrected chi connectivity index (χ0v) is 16.8. The Morgan fingerprint density at radius 2 is 1.93 bits per heavy atom. The minimum atomic E-state index is -0.816. The molecule has 0 unspecified atom stereocenters. The number of ether oxygens (including phenoxy) is 1. The second-order valence-electron chi connectivity index (χ2n) is 8.48. The van der Waals surface area contributed by atoms with Crippen molar-refractivity contribution in [2.45, 2.75) is 26.7 Å². The molecule has 0 radical (unpaired) electrons. The highest BCUT2D eigenvalue weighted by Gasteiger charge is 2.47. The molecule has 1 saturated heterocycles. The van der Waals surface area contributed by atoms with E-state index >= 15 is 0 Å². The Morgan fingerprint density at radius 1 is 1.21 bits per heavy atom. The van der Waals surface area contributed by atoms with Crippen molar-refractivity contribution in [3.05, 3.63) is 42.2 Å². The first-order chi connectivity index (χ1) is 13.9. The fourth-order valence-electron chi connectivity index (χ4n) is 3.99. The molecule has 7 nitrogen and oxygen atoms in total. The Balaban J connectivity index is 1.61. The number of carbonyl (C=O) groups excluding carboxylic acids is 1. The molecule has 1 aromatic carbocycles. The molecular formula is C22H27N3O4. The van der Waals surface area contributed by atoms with Gasteiger partial charge in [0.2, 0.25) is 0 Å². The molecule has 7 heteroatoms. The second-order valence-corrected chi connectivity index (χ2v) is 8.48. The predicted molar refractivity (Wildman–Crippen MR) is 107 cm³/mol. The molecule has 2 fully saturated rings. The highest BCUT2D eigenvalue weighted by Crippen LogP contribution is 2.44. The fraction of sp³-hybridized carbons (Fsp3) is 0.500. The van der Waals surface area contributed by atoms with Gasteiger partial charge in [-0.05, 0) is 42.7 Å². The first-order valence-corrected chi connectivity index (χ1v) is 10.2. The van der Waals surface area contributed by atoms with Crippen LogP contribution in [0.4, 0.5) is 0 Å². The van der Waals surface area contributed by atoms with E-state index in [0.29, 0.717) is 30.7 Å². The molecule has 2 aliphatic rings. The van der Waals surface area contributed by atoms with Crippen LogP contribution in [0.3, 0.4) is 0 Å². The fourth-order valence-corrected chi connectivity index (χ4v) is 3.99. The van der Waals surface area contributed by atoms with Crippen LogP contribution in [0.1, 0.15) is 37.2 Å². The van der Waals surface area contributed by atoms with E-state index in [9.17, 15) is 14.7 Å². The zero-order valence-electron chi connectivity index (χ0n) is 16.8. The molecule has 0 bridgehead atoms. The summed E-state index contributed by atoms with van der Waals surface area (Å²) in [5.41, 5.74) is 1.08. The van der Waals surface area contributed by atoms with Gasteiger partial charge in [0.25, 0.3) is 5.91 Å². The summed E-state index contributed by atoms with van der Waals surface area (Å²) in [5, 5.41) is 14.1. The first-order valence-electron chi connectivity index (χ1n) is 10.2. The molecule has 1 aliphatic carbocycles. The van der Waals surface area contributed by atoms with Crippen molar-refractivity contribution in [2.75, 3.05) is 19.7 Å². The molecule has 1 aliphatic heterocycles. The molecule has 154 valence electrons. The van der Waals surface area contributed by atoms with Crippen LogP contribution in [0.5, 0.6) is 5.75 Å². The Morgan fingerprint density at radius 3 is 2.55 bits per heavy atom. The van der Waals surface area contributed by atoms with E-state index in [2.05, 4.69) is 5.10 Å². The van der Waals surface area contributed by atoms with Crippen LogP contribution in [0, 0.1) is 23.7 Å². The third-order valence-electron chi connectivity index (χ3n) is 5.67. The lowest BCUT2D eigenvalue weighted by Crippen LogP contribution is -2.30. The molecule has 2 heterocycles. The number of nitrogens with zero attached hydrogens (tertiary/aromatic N) is 3. The van der Waals surface area contributed by atoms with Gasteiger partial charge in [-0.3, -0.25) is 9.59 Å². The summed E-state index contributed by atoms with van der Waals surface area (Å²) >= 11 is 0. The molecule has 2 aromatic rings. The van der Waals surface area contributed by atoms with Gasteiger partial charge in [0.1, 0.15) is 0 Å². The lowest BCUT2D eigenvalue weighted by atomic mass is 9.92. The molecule has 1 N–H and O–H groups in total. The van der Waals surface area contributed by atoms with Gasteiger partial charge in [-0.15, -0.1) is 0 Å². The van der Waals surface area contributed by atoms with Crippen molar-refractivity contribution in [1.82, 2.24) is 14.7 Å². The highest BCUT2D eigenvalue weighted by atomic mass is 16.5. The van der Waals surface area contributed by atoms with E-state index in [0.717, 1.165) is 18.5 Å². The molecule has 4 rings (SSSR count). The third-order valence-corrected chi connectivity index (χ3v) is 5.67. The number of hydrogen-bond acceptors (Lipinski definition) is 4. The van der Waals surface area contributed by atoms with Crippen LogP contribution in [0.15, 0.2) is 36.5 Å². The molecule has 2 atom stereocenters. The number of hydrogen-bond donors (Lipinski definition) is 1. The number of carbonyl (C=O) groups is 2. The van der Waals surface area contributed by atoms with E-state index in [-0.39, 0.29) is 24.1 Å². The van der Waals surface area contributed by atoms with Crippen molar-refractivity contribution >= 4 is 11.9 Å². The van der Waals surface area contributed by atoms with Crippen LogP contribution >= 0.6 is 0 Å². The zero-order chi connectivity index (χ0) is 20.5. The third kappa shape index (κ3) is 4.13. The van der Waals surface area contributed by atoms with E-state index < -0.39 is 11.9 Å². The van der Waals surface area contributed by atoms with Gasteiger partial charge in [0, 0.05) is 13.1 Å². The number of amides is 1. The molecular weight excluding hydrogens is 370 g/mol. The van der Waals surface area contributed by atoms with Crippen LogP contribution in [0.25, 0.3) is 5.69 Å². The van der Waals surface area contributed by atoms with Crippen LogP contribution in [-0.4, -0.2) is 51.4 Å². The van der Waals surface area contributed by atoms with Crippen molar-refractivity contribution in [3.8, 4) is 11.4 Å². The summed E-state index contributed by atoms with van der Waals surface area (Å²) < 4.78 is 7.54. The lowest BCUT2D eigenvalue weighted by Gasteiger charge is -2.16. The van der Waals surface area contributed by atoms with Crippen molar-refractivity contribution in [3.63, 3.8) is 0 Å². The average molecular weight is 397 g/mol. The Kier molecular flexibility index (Phi) is 5.30. The highest BCUT2D eigenvalue weighted by molar-refractivity contribution is 5.95. The standard InChI is InChI=1S/C22H27N3O4/c1-14(2)13-29-19-12-25(16-6-4-3-5-7-16)23-20(19)21(26)24-10-17(15-8-9-15)18(11-24)22(27)28/h3-7,12,14-15,17-18H,8-11,13H2,1-2H3,(H,27,28)/t17-,18+/m1/s1. The number of para-hydroxylation sites is 1. The number of aliphatic carboxylic acids is 1. The quantitative estimate of drug-likeness (QED) is 0.776. The van der Waals surface area contributed by atoms with Gasteiger partial charge in [-0.1, -0.05) is 32.0 Å². The van der Waals surface area contributed by atoms with E-state index in [1.807, 2.05) is 44.2 Å². The molecule has 1 aromatic heterocycles. The van der Waals surface area contributed by atoms with Crippen molar-refractivity contribution in [1.29, 1.82) is 0 Å². The maximum atomic E-state index is 13.3. The molecule has 1 saturated carbocycles. The van der Waals surface area contributed by atoms with Gasteiger partial charge in [-0.2, -0.15) is 5.10 Å². The van der Waals surface area contributed by atoms with Gasteiger partial charge in [0.15, 0.2) is 11.4 Å². The Bertz CT molecular complexity index is 889. The summed E-state index contributed by atoms with van der Waals surface area (Å²) in [6.45, 7) is 5.27. The van der Waals surface area contributed by atoms with Crippen LogP contribution in [0.2, 0.25) is 0 Å². The number of aromatic nitrogens is 2. The van der Waals surface area contributed by atoms with E-state index in [1.54, 1.807) is 15.8 Å². The average Bonchev–Trinajstić information content (AvgIpc) is 3.30. The molecule has 0 spiro atoms. The lowest BCUT2D eigenvalue weighted by molar-refractivity contribution is -0.142. The number of carboxylic acid groups (broad SMARTS) is 1. The maximum absolute atomic E-state index is 13.3. The molecule has 1 amide bonds. The largest absolute Gasteiger partial charge is 0.489 e. The van der Waals surface area contributed by atoms with E-state index in [4.69, 9.17) is 4.74 Å². The van der Waals surface area contributed by atoms with Gasteiger partial charge < -0.3 is 14.7 Å². The summed E-state index contributed by atoms with van der Waals surface area (Å²) in [6, 6.07) is 9.56. The van der Waals surface area contributed by atoms with Crippen LogP contribution < -0.4 is 4.74 Å². The number of benzene rings is 1. The van der Waals surface area contributed by atoms with Crippen LogP contribution in [-0.2, 0) is 4.79 Å². The maximum Gasteiger partial charge on any atom is 0.308 e. The summed E-state index contributed by atoms with van der Waals surface area (Å²) in [6.07, 6.45) is 3.85. The van der Waals surface area contributed by atoms with Crippen molar-refractivity contribution in [2.24, 2.45) is 23.7 Å². The number of rotatable bonds is 7. The van der Waals surface area contributed by atoms with Gasteiger partial charge in [-0.25, -0.2) is 4.68 Å². The normalized spacial score (nSPS) is 21.6. The number of carboxylic acids is 1. The summed E-state index contributed by atoms with van der Waals surface area (Å²) in [4.78, 5) is 26.6. The topological polar surface area (TPSA) is 84.7 Å². The summed E-state index contributed by atoms with van der Waals surface area (Å²) in [7, 11) is 0. The predicted octanol–water partition coefficient (Wildman–Crippen LogP) is 3.09. The first kappa shape index (κ1) is 19.5.